The Morgan fingerprint density at radius 3 is 2.52 bits per heavy atom. The van der Waals surface area contributed by atoms with Gasteiger partial charge >= 0.3 is 0 Å². The summed E-state index contributed by atoms with van der Waals surface area (Å²) in [6.07, 6.45) is 0. The number of rotatable bonds is 5. The van der Waals surface area contributed by atoms with Crippen molar-refractivity contribution in [1.29, 1.82) is 0 Å². The number of benzene rings is 2. The van der Waals surface area contributed by atoms with Gasteiger partial charge in [0, 0.05) is 17.7 Å². The lowest BCUT2D eigenvalue weighted by Crippen LogP contribution is -2.12. The van der Waals surface area contributed by atoms with Crippen LogP contribution in [0.3, 0.4) is 0 Å². The molecule has 0 fully saturated rings. The molecule has 0 aliphatic carbocycles. The summed E-state index contributed by atoms with van der Waals surface area (Å²) in [5.41, 5.74) is 4.48. The van der Waals surface area contributed by atoms with Crippen LogP contribution in [0.5, 0.6) is 5.75 Å². The maximum absolute atomic E-state index is 14.3. The van der Waals surface area contributed by atoms with Crippen molar-refractivity contribution in [2.75, 3.05) is 13.7 Å². The van der Waals surface area contributed by atoms with Gasteiger partial charge in [-0.3, -0.25) is 0 Å². The predicted octanol–water partition coefficient (Wildman–Crippen LogP) is 4.23. The second kappa shape index (κ2) is 6.72. The second-order valence-electron chi connectivity index (χ2n) is 5.25. The molecule has 2 rings (SSSR count). The van der Waals surface area contributed by atoms with Gasteiger partial charge in [-0.15, -0.1) is 0 Å². The quantitative estimate of drug-likeness (QED) is 0.888. The van der Waals surface area contributed by atoms with Gasteiger partial charge in [0.15, 0.2) is 0 Å². The van der Waals surface area contributed by atoms with Crippen molar-refractivity contribution in [3.63, 3.8) is 0 Å². The van der Waals surface area contributed by atoms with Gasteiger partial charge in [-0.2, -0.15) is 0 Å². The molecule has 0 saturated carbocycles. The van der Waals surface area contributed by atoms with Crippen molar-refractivity contribution >= 4 is 0 Å². The number of hydrogen-bond donors (Lipinski definition) is 1. The van der Waals surface area contributed by atoms with Crippen molar-refractivity contribution in [2.24, 2.45) is 0 Å². The van der Waals surface area contributed by atoms with Gasteiger partial charge in [-0.25, -0.2) is 4.39 Å². The standard InChI is InChI=1S/C18H22FNO/c1-5-20-11-15-10-14(6-7-17(15)21-4)18-13(3)8-12(2)9-16(18)19/h6-10,20H,5,11H2,1-4H3. The fourth-order valence-electron chi connectivity index (χ4n) is 2.61. The van der Waals surface area contributed by atoms with Crippen LogP contribution in [0.4, 0.5) is 4.39 Å². The van der Waals surface area contributed by atoms with Crippen LogP contribution in [0.25, 0.3) is 11.1 Å². The summed E-state index contributed by atoms with van der Waals surface area (Å²) in [7, 11) is 1.65. The fraction of sp³-hybridized carbons (Fsp3) is 0.333. The highest BCUT2D eigenvalue weighted by Gasteiger charge is 2.12. The van der Waals surface area contributed by atoms with Gasteiger partial charge in [0.1, 0.15) is 11.6 Å². The third-order valence-electron chi connectivity index (χ3n) is 3.57. The molecule has 3 heteroatoms. The minimum absolute atomic E-state index is 0.174. The Morgan fingerprint density at radius 1 is 1.14 bits per heavy atom. The molecule has 0 heterocycles. The molecule has 0 aliphatic rings. The van der Waals surface area contributed by atoms with Crippen LogP contribution in [-0.4, -0.2) is 13.7 Å². The van der Waals surface area contributed by atoms with Crippen molar-refractivity contribution in [3.8, 4) is 16.9 Å². The molecular formula is C18H22FNO. The van der Waals surface area contributed by atoms with Gasteiger partial charge in [0.2, 0.25) is 0 Å². The lowest BCUT2D eigenvalue weighted by atomic mass is 9.96. The Hall–Kier alpha value is -1.87. The minimum atomic E-state index is -0.174. The highest BCUT2D eigenvalue weighted by atomic mass is 19.1. The van der Waals surface area contributed by atoms with E-state index in [0.717, 1.165) is 34.5 Å². The summed E-state index contributed by atoms with van der Waals surface area (Å²) in [5.74, 6) is 0.650. The first-order valence-electron chi connectivity index (χ1n) is 7.21. The van der Waals surface area contributed by atoms with Crippen LogP contribution in [0.15, 0.2) is 30.3 Å². The molecule has 0 saturated heterocycles. The van der Waals surface area contributed by atoms with E-state index in [1.54, 1.807) is 13.2 Å². The maximum atomic E-state index is 14.3. The van der Waals surface area contributed by atoms with E-state index >= 15 is 0 Å². The molecule has 0 aliphatic heterocycles. The Balaban J connectivity index is 2.50. The molecule has 0 unspecified atom stereocenters. The SMILES string of the molecule is CCNCc1cc(-c2c(C)cc(C)cc2F)ccc1OC. The summed E-state index contributed by atoms with van der Waals surface area (Å²) in [6, 6.07) is 9.40. The van der Waals surface area contributed by atoms with Gasteiger partial charge < -0.3 is 10.1 Å². The monoisotopic (exact) mass is 287 g/mol. The summed E-state index contributed by atoms with van der Waals surface area (Å²) in [5, 5.41) is 3.28. The first-order valence-corrected chi connectivity index (χ1v) is 7.21. The first-order chi connectivity index (χ1) is 10.1. The molecule has 21 heavy (non-hydrogen) atoms. The number of aryl methyl sites for hydroxylation is 2. The zero-order valence-electron chi connectivity index (χ0n) is 13.1. The van der Waals surface area contributed by atoms with E-state index in [-0.39, 0.29) is 5.82 Å². The second-order valence-corrected chi connectivity index (χ2v) is 5.25. The largest absolute Gasteiger partial charge is 0.496 e. The summed E-state index contributed by atoms with van der Waals surface area (Å²) >= 11 is 0. The van der Waals surface area contributed by atoms with E-state index in [1.807, 2.05) is 38.1 Å². The zero-order valence-corrected chi connectivity index (χ0v) is 13.1. The van der Waals surface area contributed by atoms with Crippen molar-refractivity contribution in [2.45, 2.75) is 27.3 Å². The lowest BCUT2D eigenvalue weighted by molar-refractivity contribution is 0.408. The van der Waals surface area contributed by atoms with Crippen molar-refractivity contribution < 1.29 is 9.13 Å². The van der Waals surface area contributed by atoms with Crippen molar-refractivity contribution in [3.05, 3.63) is 52.8 Å². The third kappa shape index (κ3) is 3.42. The van der Waals surface area contributed by atoms with E-state index in [9.17, 15) is 4.39 Å². The van der Waals surface area contributed by atoms with Crippen LogP contribution in [0.2, 0.25) is 0 Å². The molecule has 2 aromatic rings. The Kier molecular flexibility index (Phi) is 4.97. The van der Waals surface area contributed by atoms with E-state index in [1.165, 1.54) is 0 Å². The fourth-order valence-corrected chi connectivity index (χ4v) is 2.61. The van der Waals surface area contributed by atoms with Crippen LogP contribution < -0.4 is 10.1 Å². The highest BCUT2D eigenvalue weighted by Crippen LogP contribution is 2.31. The van der Waals surface area contributed by atoms with Crippen molar-refractivity contribution in [1.82, 2.24) is 5.32 Å². The highest BCUT2D eigenvalue weighted by molar-refractivity contribution is 5.70. The first kappa shape index (κ1) is 15.5. The van der Waals surface area contributed by atoms with Crippen LogP contribution in [-0.2, 0) is 6.54 Å². The molecule has 0 atom stereocenters. The van der Waals surface area contributed by atoms with Gasteiger partial charge in [0.05, 0.1) is 7.11 Å². The lowest BCUT2D eigenvalue weighted by Gasteiger charge is -2.14. The molecule has 0 bridgehead atoms. The molecule has 1 N–H and O–H groups in total. The number of nitrogens with one attached hydrogen (secondary N) is 1. The Morgan fingerprint density at radius 2 is 1.90 bits per heavy atom. The number of methoxy groups -OCH3 is 1. The molecule has 2 aromatic carbocycles. The van der Waals surface area contributed by atoms with E-state index < -0.39 is 0 Å². The van der Waals surface area contributed by atoms with E-state index in [4.69, 9.17) is 4.74 Å². The number of hydrogen-bond acceptors (Lipinski definition) is 2. The topological polar surface area (TPSA) is 21.3 Å². The zero-order chi connectivity index (χ0) is 15.4. The Bertz CT molecular complexity index is 614. The molecule has 0 amide bonds. The van der Waals surface area contributed by atoms with Crippen LogP contribution in [0.1, 0.15) is 23.6 Å². The van der Waals surface area contributed by atoms with Gasteiger partial charge in [0.25, 0.3) is 0 Å². The molecule has 2 nitrogen and oxygen atoms in total. The van der Waals surface area contributed by atoms with E-state index in [2.05, 4.69) is 12.2 Å². The average molecular weight is 287 g/mol. The predicted molar refractivity (Wildman–Crippen MR) is 85.2 cm³/mol. The summed E-state index contributed by atoms with van der Waals surface area (Å²) < 4.78 is 19.7. The number of ether oxygens (including phenoxy) is 1. The average Bonchev–Trinajstić information content (AvgIpc) is 2.44. The third-order valence-corrected chi connectivity index (χ3v) is 3.57. The number of halogens is 1. The minimum Gasteiger partial charge on any atom is -0.496 e. The van der Waals surface area contributed by atoms with Gasteiger partial charge in [-0.1, -0.05) is 19.1 Å². The Labute approximate surface area is 126 Å². The molecule has 0 spiro atoms. The van der Waals surface area contributed by atoms with Crippen LogP contribution >= 0.6 is 0 Å². The normalized spacial score (nSPS) is 10.7. The summed E-state index contributed by atoms with van der Waals surface area (Å²) in [6.45, 7) is 7.50. The maximum Gasteiger partial charge on any atom is 0.131 e. The molecule has 0 aromatic heterocycles. The summed E-state index contributed by atoms with van der Waals surface area (Å²) in [4.78, 5) is 0. The molecular weight excluding hydrogens is 265 g/mol. The molecule has 112 valence electrons. The molecule has 0 radical (unpaired) electrons. The smallest absolute Gasteiger partial charge is 0.131 e. The van der Waals surface area contributed by atoms with Crippen LogP contribution in [0, 0.1) is 19.7 Å². The van der Waals surface area contributed by atoms with Gasteiger partial charge in [-0.05, 0) is 55.3 Å². The van der Waals surface area contributed by atoms with E-state index in [0.29, 0.717) is 12.1 Å².